The maximum absolute atomic E-state index is 12.5. The van der Waals surface area contributed by atoms with E-state index in [2.05, 4.69) is 5.10 Å². The van der Waals surface area contributed by atoms with Crippen molar-refractivity contribution in [3.63, 3.8) is 0 Å². The maximum Gasteiger partial charge on any atom is 0.341 e. The van der Waals surface area contributed by atoms with Crippen LogP contribution in [0.4, 0.5) is 0 Å². The molecule has 0 aliphatic heterocycles. The smallest absolute Gasteiger partial charge is 0.341 e. The molecule has 0 unspecified atom stereocenters. The van der Waals surface area contributed by atoms with E-state index in [1.165, 1.54) is 12.3 Å². The molecule has 1 N–H and O–H groups in total. The topological polar surface area (TPSA) is 86.4 Å². The van der Waals surface area contributed by atoms with Gasteiger partial charge in [0.05, 0.1) is 28.1 Å². The van der Waals surface area contributed by atoms with Crippen LogP contribution < -0.4 is 10.2 Å². The molecule has 0 fully saturated rings. The van der Waals surface area contributed by atoms with Crippen molar-refractivity contribution in [1.82, 2.24) is 14.3 Å². The van der Waals surface area contributed by atoms with Crippen LogP contribution in [0.3, 0.4) is 0 Å². The van der Waals surface area contributed by atoms with Crippen molar-refractivity contribution >= 4 is 29.2 Å². The van der Waals surface area contributed by atoms with Crippen molar-refractivity contribution in [2.24, 2.45) is 7.05 Å². The second-order valence-corrected chi connectivity index (χ2v) is 6.51. The van der Waals surface area contributed by atoms with E-state index in [9.17, 15) is 14.7 Å². The molecule has 0 aliphatic carbocycles. The van der Waals surface area contributed by atoms with Crippen LogP contribution in [0.5, 0.6) is 11.6 Å². The Morgan fingerprint density at radius 2 is 2.00 bits per heavy atom. The van der Waals surface area contributed by atoms with Crippen LogP contribution in [0.25, 0.3) is 11.3 Å². The van der Waals surface area contributed by atoms with E-state index in [0.29, 0.717) is 22.9 Å². The molecule has 1 aromatic carbocycles. The van der Waals surface area contributed by atoms with Gasteiger partial charge >= 0.3 is 5.97 Å². The zero-order valence-corrected chi connectivity index (χ0v) is 16.0. The Hall–Kier alpha value is -2.77. The fraction of sp³-hybridized carbons (Fsp3) is 0.167. The summed E-state index contributed by atoms with van der Waals surface area (Å²) < 4.78 is 8.93. The minimum absolute atomic E-state index is 0.190. The molecule has 0 radical (unpaired) electrons. The van der Waals surface area contributed by atoms with Crippen LogP contribution >= 0.6 is 23.2 Å². The number of halogens is 2. The lowest BCUT2D eigenvalue weighted by molar-refractivity contribution is 0.0695. The molecule has 0 aliphatic rings. The van der Waals surface area contributed by atoms with Gasteiger partial charge in [0.2, 0.25) is 11.3 Å². The largest absolute Gasteiger partial charge is 0.477 e. The zero-order chi connectivity index (χ0) is 19.7. The van der Waals surface area contributed by atoms with E-state index in [1.54, 1.807) is 34.6 Å². The summed E-state index contributed by atoms with van der Waals surface area (Å²) in [6.45, 7) is 2.17. The highest BCUT2D eigenvalue weighted by Crippen LogP contribution is 2.33. The summed E-state index contributed by atoms with van der Waals surface area (Å²) in [4.78, 5) is 24.3. The van der Waals surface area contributed by atoms with E-state index in [-0.39, 0.29) is 22.2 Å². The van der Waals surface area contributed by atoms with Gasteiger partial charge in [-0.2, -0.15) is 5.10 Å². The van der Waals surface area contributed by atoms with Crippen molar-refractivity contribution in [3.8, 4) is 22.9 Å². The van der Waals surface area contributed by atoms with Gasteiger partial charge in [-0.3, -0.25) is 9.48 Å². The summed E-state index contributed by atoms with van der Waals surface area (Å²) >= 11 is 12.1. The fourth-order valence-corrected chi connectivity index (χ4v) is 3.04. The minimum Gasteiger partial charge on any atom is -0.477 e. The molecule has 0 spiro atoms. The Morgan fingerprint density at radius 1 is 1.26 bits per heavy atom. The van der Waals surface area contributed by atoms with Gasteiger partial charge < -0.3 is 14.4 Å². The first-order chi connectivity index (χ1) is 12.8. The normalized spacial score (nSPS) is 10.8. The number of ether oxygens (including phenoxy) is 1. The monoisotopic (exact) mass is 407 g/mol. The number of aromatic carboxylic acids is 1. The molecule has 3 rings (SSSR count). The predicted molar refractivity (Wildman–Crippen MR) is 102 cm³/mol. The zero-order valence-electron chi connectivity index (χ0n) is 14.4. The number of aryl methyl sites for hydroxylation is 1. The Labute approximate surface area is 164 Å². The number of aromatic nitrogens is 3. The molecule has 140 valence electrons. The highest BCUT2D eigenvalue weighted by Gasteiger charge is 2.23. The number of nitrogens with zero attached hydrogens (tertiary/aromatic N) is 3. The molecule has 0 atom stereocenters. The Morgan fingerprint density at radius 3 is 2.56 bits per heavy atom. The molecule has 0 bridgehead atoms. The number of pyridine rings is 1. The summed E-state index contributed by atoms with van der Waals surface area (Å²) in [6, 6.07) is 5.82. The fourth-order valence-electron chi connectivity index (χ4n) is 2.75. The van der Waals surface area contributed by atoms with E-state index >= 15 is 0 Å². The summed E-state index contributed by atoms with van der Waals surface area (Å²) in [6.07, 6.45) is 3.13. The van der Waals surface area contributed by atoms with Crippen LogP contribution in [0, 0.1) is 0 Å². The molecule has 9 heteroatoms. The first-order valence-corrected chi connectivity index (χ1v) is 8.70. The van der Waals surface area contributed by atoms with E-state index in [1.807, 2.05) is 6.92 Å². The summed E-state index contributed by atoms with van der Waals surface area (Å²) in [5.41, 5.74) is -0.409. The number of benzene rings is 1. The van der Waals surface area contributed by atoms with Crippen molar-refractivity contribution in [1.29, 1.82) is 0 Å². The van der Waals surface area contributed by atoms with Gasteiger partial charge in [0.15, 0.2) is 5.75 Å². The molecule has 27 heavy (non-hydrogen) atoms. The maximum atomic E-state index is 12.5. The summed E-state index contributed by atoms with van der Waals surface area (Å²) in [5.74, 6) is -0.722. The van der Waals surface area contributed by atoms with Gasteiger partial charge in [-0.1, -0.05) is 29.3 Å². The lowest BCUT2D eigenvalue weighted by Crippen LogP contribution is -2.21. The number of hydrogen-bond donors (Lipinski definition) is 1. The van der Waals surface area contributed by atoms with E-state index < -0.39 is 11.4 Å². The average molecular weight is 408 g/mol. The minimum atomic E-state index is -1.34. The molecule has 0 amide bonds. The van der Waals surface area contributed by atoms with Crippen molar-refractivity contribution in [3.05, 3.63) is 62.5 Å². The van der Waals surface area contributed by atoms with Crippen LogP contribution in [-0.2, 0) is 13.6 Å². The second kappa shape index (κ2) is 7.46. The SMILES string of the molecule is CCn1c(Oc2cnn(C)c2)cc(=O)c(C(=O)O)c1-c1ccc(Cl)c(Cl)c1. The van der Waals surface area contributed by atoms with Gasteiger partial charge in [-0.25, -0.2) is 4.79 Å². The van der Waals surface area contributed by atoms with Crippen LogP contribution in [0.15, 0.2) is 41.5 Å². The predicted octanol–water partition coefficient (Wildman–Crippen LogP) is 4.07. The summed E-state index contributed by atoms with van der Waals surface area (Å²) in [5, 5.41) is 14.2. The van der Waals surface area contributed by atoms with Crippen molar-refractivity contribution in [2.45, 2.75) is 13.5 Å². The third-order valence-electron chi connectivity index (χ3n) is 3.90. The Balaban J connectivity index is 2.29. The van der Waals surface area contributed by atoms with E-state index in [4.69, 9.17) is 27.9 Å². The molecule has 0 saturated heterocycles. The van der Waals surface area contributed by atoms with Crippen molar-refractivity contribution < 1.29 is 14.6 Å². The highest BCUT2D eigenvalue weighted by molar-refractivity contribution is 6.42. The van der Waals surface area contributed by atoms with Gasteiger partial charge in [-0.15, -0.1) is 0 Å². The first kappa shape index (κ1) is 19.0. The van der Waals surface area contributed by atoms with Crippen molar-refractivity contribution in [2.75, 3.05) is 0 Å². The van der Waals surface area contributed by atoms with Gasteiger partial charge in [-0.05, 0) is 19.1 Å². The molecule has 0 saturated carbocycles. The summed E-state index contributed by atoms with van der Waals surface area (Å²) in [7, 11) is 1.73. The third-order valence-corrected chi connectivity index (χ3v) is 4.64. The molecule has 7 nitrogen and oxygen atoms in total. The first-order valence-electron chi connectivity index (χ1n) is 7.94. The quantitative estimate of drug-likeness (QED) is 0.688. The van der Waals surface area contributed by atoms with Gasteiger partial charge in [0.1, 0.15) is 5.56 Å². The van der Waals surface area contributed by atoms with Crippen LogP contribution in [-0.4, -0.2) is 25.4 Å². The van der Waals surface area contributed by atoms with Gasteiger partial charge in [0.25, 0.3) is 0 Å². The number of carbonyl (C=O) groups is 1. The molecular weight excluding hydrogens is 393 g/mol. The second-order valence-electron chi connectivity index (χ2n) is 5.70. The number of rotatable bonds is 5. The lowest BCUT2D eigenvalue weighted by Gasteiger charge is -2.19. The Bertz CT molecular complexity index is 1090. The average Bonchev–Trinajstić information content (AvgIpc) is 3.01. The van der Waals surface area contributed by atoms with Gasteiger partial charge in [0, 0.05) is 25.2 Å². The third kappa shape index (κ3) is 3.70. The highest BCUT2D eigenvalue weighted by atomic mass is 35.5. The lowest BCUT2D eigenvalue weighted by atomic mass is 10.0. The van der Waals surface area contributed by atoms with Crippen LogP contribution in [0.1, 0.15) is 17.3 Å². The molecule has 2 aromatic heterocycles. The number of carboxylic acid groups (broad SMARTS) is 1. The van der Waals surface area contributed by atoms with Crippen LogP contribution in [0.2, 0.25) is 10.0 Å². The number of hydrogen-bond acceptors (Lipinski definition) is 4. The Kier molecular flexibility index (Phi) is 5.25. The molecule has 3 aromatic rings. The van der Waals surface area contributed by atoms with E-state index in [0.717, 1.165) is 6.07 Å². The molecule has 2 heterocycles. The standard InChI is InChI=1S/C18H15Cl2N3O4/c1-3-23-15(27-11-8-21-22(2)9-11)7-14(24)16(18(25)26)17(23)10-4-5-12(19)13(20)6-10/h4-9H,3H2,1-2H3,(H,25,26). The number of carboxylic acids is 1. The molecular formula is C18H15Cl2N3O4.